The van der Waals surface area contributed by atoms with Crippen molar-refractivity contribution in [1.82, 2.24) is 0 Å². The summed E-state index contributed by atoms with van der Waals surface area (Å²) in [5.74, 6) is -0.839. The molecule has 0 saturated carbocycles. The van der Waals surface area contributed by atoms with Crippen LogP contribution in [0.3, 0.4) is 0 Å². The van der Waals surface area contributed by atoms with Gasteiger partial charge < -0.3 is 10.1 Å². The molecule has 4 nitrogen and oxygen atoms in total. The van der Waals surface area contributed by atoms with Crippen LogP contribution in [0.2, 0.25) is 10.0 Å². The smallest absolute Gasteiger partial charge is 0.341 e. The lowest BCUT2D eigenvalue weighted by atomic mass is 10.1. The van der Waals surface area contributed by atoms with Gasteiger partial charge in [0.25, 0.3) is 5.91 Å². The molecule has 2 aromatic rings. The number of halogens is 2. The molecule has 1 aliphatic carbocycles. The summed E-state index contributed by atoms with van der Waals surface area (Å²) in [5, 5.41) is 3.82. The van der Waals surface area contributed by atoms with E-state index in [2.05, 4.69) is 5.32 Å². The summed E-state index contributed by atoms with van der Waals surface area (Å²) >= 11 is 13.6. The first-order valence-corrected chi connectivity index (χ1v) is 9.17. The molecule has 126 valence electrons. The molecule has 0 spiro atoms. The molecule has 0 unspecified atom stereocenters. The minimum absolute atomic E-state index is 0.198. The second-order valence-electron chi connectivity index (χ2n) is 5.33. The zero-order valence-corrected chi connectivity index (χ0v) is 15.3. The van der Waals surface area contributed by atoms with Gasteiger partial charge in [-0.2, -0.15) is 0 Å². The normalized spacial score (nSPS) is 12.8. The molecule has 1 heterocycles. The van der Waals surface area contributed by atoms with Gasteiger partial charge in [-0.3, -0.25) is 4.79 Å². The molecule has 0 atom stereocenters. The van der Waals surface area contributed by atoms with E-state index in [0.717, 1.165) is 29.7 Å². The highest BCUT2D eigenvalue weighted by Crippen LogP contribution is 2.40. The Kier molecular flexibility index (Phi) is 5.13. The number of fused-ring (bicyclic) bond motifs is 1. The number of hydrogen-bond donors (Lipinski definition) is 1. The average Bonchev–Trinajstić information content (AvgIpc) is 3.07. The van der Waals surface area contributed by atoms with Crippen molar-refractivity contribution in [2.75, 3.05) is 11.9 Å². The summed E-state index contributed by atoms with van der Waals surface area (Å²) in [5.41, 5.74) is 1.65. The summed E-state index contributed by atoms with van der Waals surface area (Å²) in [6.07, 6.45) is 2.75. The minimum Gasteiger partial charge on any atom is -0.462 e. The number of amides is 1. The topological polar surface area (TPSA) is 55.4 Å². The monoisotopic (exact) mass is 383 g/mol. The van der Waals surface area contributed by atoms with E-state index in [1.807, 2.05) is 0 Å². The van der Waals surface area contributed by atoms with Crippen molar-refractivity contribution < 1.29 is 14.3 Å². The van der Waals surface area contributed by atoms with Crippen LogP contribution < -0.4 is 5.32 Å². The number of carbonyl (C=O) groups excluding carboxylic acids is 2. The van der Waals surface area contributed by atoms with Crippen LogP contribution in [0.25, 0.3) is 0 Å². The Labute approximate surface area is 153 Å². The Bertz CT molecular complexity index is 796. The summed E-state index contributed by atoms with van der Waals surface area (Å²) < 4.78 is 5.15. The molecular formula is C17H15Cl2NO3S. The van der Waals surface area contributed by atoms with Crippen LogP contribution in [-0.2, 0) is 17.6 Å². The van der Waals surface area contributed by atoms with Gasteiger partial charge in [-0.1, -0.05) is 29.3 Å². The van der Waals surface area contributed by atoms with E-state index in [1.165, 1.54) is 11.3 Å². The number of esters is 1. The molecule has 1 N–H and O–H groups in total. The van der Waals surface area contributed by atoms with Crippen LogP contribution in [0.5, 0.6) is 0 Å². The predicted octanol–water partition coefficient (Wildman–Crippen LogP) is 4.97. The highest BCUT2D eigenvalue weighted by atomic mass is 35.5. The standard InChI is InChI=1S/C17H15Cl2NO3S/c1-2-23-17(22)13-9-5-3-8-12(9)24-16(13)20-15(21)14-10(18)6-4-7-11(14)19/h4,6-7H,2-3,5,8H2,1H3,(H,20,21). The number of aryl methyl sites for hydroxylation is 1. The van der Waals surface area contributed by atoms with E-state index in [9.17, 15) is 9.59 Å². The third-order valence-corrected chi connectivity index (χ3v) is 5.65. The first kappa shape index (κ1) is 17.3. The van der Waals surface area contributed by atoms with Crippen LogP contribution in [-0.4, -0.2) is 18.5 Å². The van der Waals surface area contributed by atoms with E-state index in [4.69, 9.17) is 27.9 Å². The van der Waals surface area contributed by atoms with Crippen LogP contribution in [0, 0.1) is 0 Å². The molecule has 7 heteroatoms. The van der Waals surface area contributed by atoms with Crippen LogP contribution in [0.4, 0.5) is 5.00 Å². The van der Waals surface area contributed by atoms with Gasteiger partial charge in [0.1, 0.15) is 5.00 Å². The van der Waals surface area contributed by atoms with Crippen molar-refractivity contribution in [3.05, 3.63) is 49.8 Å². The third kappa shape index (κ3) is 3.16. The van der Waals surface area contributed by atoms with Gasteiger partial charge in [0.2, 0.25) is 0 Å². The zero-order chi connectivity index (χ0) is 17.3. The number of thiophene rings is 1. The number of hydrogen-bond acceptors (Lipinski definition) is 4. The highest BCUT2D eigenvalue weighted by Gasteiger charge is 2.29. The Morgan fingerprint density at radius 2 is 1.92 bits per heavy atom. The molecule has 1 aliphatic rings. The van der Waals surface area contributed by atoms with Gasteiger partial charge in [0.15, 0.2) is 0 Å². The Balaban J connectivity index is 1.96. The van der Waals surface area contributed by atoms with Crippen molar-refractivity contribution >= 4 is 51.4 Å². The van der Waals surface area contributed by atoms with Crippen molar-refractivity contribution in [3.8, 4) is 0 Å². The second-order valence-corrected chi connectivity index (χ2v) is 7.25. The summed E-state index contributed by atoms with van der Waals surface area (Å²) in [7, 11) is 0. The molecule has 1 aromatic carbocycles. The molecule has 0 fully saturated rings. The van der Waals surface area contributed by atoms with E-state index in [-0.39, 0.29) is 22.2 Å². The molecule has 1 aromatic heterocycles. The van der Waals surface area contributed by atoms with Crippen molar-refractivity contribution in [1.29, 1.82) is 0 Å². The van der Waals surface area contributed by atoms with E-state index < -0.39 is 11.9 Å². The minimum atomic E-state index is -0.434. The van der Waals surface area contributed by atoms with E-state index >= 15 is 0 Å². The van der Waals surface area contributed by atoms with Gasteiger partial charge in [-0.05, 0) is 43.9 Å². The van der Waals surface area contributed by atoms with Gasteiger partial charge in [-0.25, -0.2) is 4.79 Å². The Morgan fingerprint density at radius 1 is 1.21 bits per heavy atom. The van der Waals surface area contributed by atoms with Gasteiger partial charge in [0.05, 0.1) is 27.8 Å². The first-order valence-electron chi connectivity index (χ1n) is 7.60. The van der Waals surface area contributed by atoms with Crippen molar-refractivity contribution in [2.24, 2.45) is 0 Å². The molecular weight excluding hydrogens is 369 g/mol. The molecule has 0 bridgehead atoms. The molecule has 1 amide bonds. The largest absolute Gasteiger partial charge is 0.462 e. The SMILES string of the molecule is CCOC(=O)c1c(NC(=O)c2c(Cl)cccc2Cl)sc2c1CCC2. The maximum Gasteiger partial charge on any atom is 0.341 e. The molecule has 0 aliphatic heterocycles. The second kappa shape index (κ2) is 7.13. The van der Waals surface area contributed by atoms with E-state index in [0.29, 0.717) is 10.6 Å². The quantitative estimate of drug-likeness (QED) is 0.757. The first-order chi connectivity index (χ1) is 11.5. The molecule has 0 radical (unpaired) electrons. The lowest BCUT2D eigenvalue weighted by molar-refractivity contribution is 0.0527. The molecule has 3 rings (SSSR count). The predicted molar refractivity (Wildman–Crippen MR) is 96.7 cm³/mol. The summed E-state index contributed by atoms with van der Waals surface area (Å²) in [6.45, 7) is 2.04. The maximum absolute atomic E-state index is 12.6. The lowest BCUT2D eigenvalue weighted by Gasteiger charge is -2.10. The number of nitrogens with one attached hydrogen (secondary N) is 1. The highest BCUT2D eigenvalue weighted by molar-refractivity contribution is 7.17. The fourth-order valence-corrected chi connectivity index (χ4v) is 4.63. The number of ether oxygens (including phenoxy) is 1. The zero-order valence-electron chi connectivity index (χ0n) is 12.9. The fourth-order valence-electron chi connectivity index (χ4n) is 2.79. The van der Waals surface area contributed by atoms with Gasteiger partial charge in [-0.15, -0.1) is 11.3 Å². The van der Waals surface area contributed by atoms with Crippen LogP contribution in [0.15, 0.2) is 18.2 Å². The summed E-state index contributed by atoms with van der Waals surface area (Å²) in [4.78, 5) is 26.0. The Morgan fingerprint density at radius 3 is 2.58 bits per heavy atom. The third-order valence-electron chi connectivity index (χ3n) is 3.82. The van der Waals surface area contributed by atoms with Crippen molar-refractivity contribution in [3.63, 3.8) is 0 Å². The lowest BCUT2D eigenvalue weighted by Crippen LogP contribution is -2.16. The average molecular weight is 384 g/mol. The van der Waals surface area contributed by atoms with Crippen LogP contribution >= 0.6 is 34.5 Å². The number of rotatable bonds is 4. The Hall–Kier alpha value is -1.56. The van der Waals surface area contributed by atoms with Gasteiger partial charge in [0, 0.05) is 4.88 Å². The summed E-state index contributed by atoms with van der Waals surface area (Å²) in [6, 6.07) is 4.87. The number of anilines is 1. The number of carbonyl (C=O) groups is 2. The van der Waals surface area contributed by atoms with Crippen LogP contribution in [0.1, 0.15) is 44.5 Å². The number of benzene rings is 1. The van der Waals surface area contributed by atoms with Gasteiger partial charge >= 0.3 is 5.97 Å². The fraction of sp³-hybridized carbons (Fsp3) is 0.294. The molecule has 24 heavy (non-hydrogen) atoms. The maximum atomic E-state index is 12.6. The van der Waals surface area contributed by atoms with Crippen molar-refractivity contribution in [2.45, 2.75) is 26.2 Å². The molecule has 0 saturated heterocycles. The van der Waals surface area contributed by atoms with E-state index in [1.54, 1.807) is 25.1 Å².